The number of rotatable bonds is 4. The normalized spacial score (nSPS) is 36.7. The molecule has 0 amide bonds. The van der Waals surface area contributed by atoms with Gasteiger partial charge in [0.2, 0.25) is 0 Å². The quantitative estimate of drug-likeness (QED) is 0.775. The van der Waals surface area contributed by atoms with Gasteiger partial charge in [0.25, 0.3) is 5.24 Å². The molecule has 112 valence electrons. The van der Waals surface area contributed by atoms with E-state index in [1.54, 1.807) is 0 Å². The van der Waals surface area contributed by atoms with E-state index >= 15 is 0 Å². The van der Waals surface area contributed by atoms with Crippen molar-refractivity contribution in [2.75, 3.05) is 6.61 Å². The monoisotopic (exact) mass is 304 g/mol. The van der Waals surface area contributed by atoms with Gasteiger partial charge >= 0.3 is 0 Å². The topological polar surface area (TPSA) is 26.3 Å². The molecule has 5 rings (SSSR count). The van der Waals surface area contributed by atoms with Gasteiger partial charge in [-0.2, -0.15) is 0 Å². The van der Waals surface area contributed by atoms with Crippen molar-refractivity contribution in [3.05, 3.63) is 29.8 Å². The van der Waals surface area contributed by atoms with Crippen LogP contribution in [0.15, 0.2) is 24.3 Å². The molecule has 0 saturated heterocycles. The molecule has 4 fully saturated rings. The van der Waals surface area contributed by atoms with E-state index in [-0.39, 0.29) is 6.61 Å². The Bertz CT molecular complexity index is 514. The van der Waals surface area contributed by atoms with Gasteiger partial charge in [-0.25, -0.2) is 0 Å². The van der Waals surface area contributed by atoms with Crippen molar-refractivity contribution in [2.45, 2.75) is 43.9 Å². The molecular formula is C18H21ClO2. The molecule has 0 aromatic heterocycles. The third-order valence-electron chi connectivity index (χ3n) is 5.86. The summed E-state index contributed by atoms with van der Waals surface area (Å²) in [5.74, 6) is 3.61. The minimum atomic E-state index is -0.458. The van der Waals surface area contributed by atoms with Crippen molar-refractivity contribution >= 4 is 16.8 Å². The minimum Gasteiger partial charge on any atom is -0.484 e. The second kappa shape index (κ2) is 5.01. The summed E-state index contributed by atoms with van der Waals surface area (Å²) in [6.45, 7) is -0.0573. The van der Waals surface area contributed by atoms with Gasteiger partial charge < -0.3 is 4.74 Å². The van der Waals surface area contributed by atoms with Gasteiger partial charge in [-0.3, -0.25) is 4.79 Å². The van der Waals surface area contributed by atoms with Crippen LogP contribution in [0.2, 0.25) is 0 Å². The van der Waals surface area contributed by atoms with Crippen molar-refractivity contribution in [3.63, 3.8) is 0 Å². The first-order valence-corrected chi connectivity index (χ1v) is 8.42. The highest BCUT2D eigenvalue weighted by Gasteiger charge is 2.51. The van der Waals surface area contributed by atoms with Crippen LogP contribution in [0.1, 0.15) is 44.1 Å². The smallest absolute Gasteiger partial charge is 0.259 e. The van der Waals surface area contributed by atoms with Gasteiger partial charge in [0, 0.05) is 0 Å². The fourth-order valence-electron chi connectivity index (χ4n) is 5.51. The summed E-state index contributed by atoms with van der Waals surface area (Å²) in [5, 5.41) is -0.458. The summed E-state index contributed by atoms with van der Waals surface area (Å²) in [7, 11) is 0. The van der Waals surface area contributed by atoms with Crippen LogP contribution in [0.5, 0.6) is 5.75 Å². The Morgan fingerprint density at radius 3 is 2.05 bits per heavy atom. The molecule has 0 N–H and O–H groups in total. The number of benzene rings is 1. The molecule has 4 bridgehead atoms. The maximum absolute atomic E-state index is 10.8. The summed E-state index contributed by atoms with van der Waals surface area (Å²) in [5.41, 5.74) is 1.90. The predicted molar refractivity (Wildman–Crippen MR) is 82.6 cm³/mol. The fraction of sp³-hybridized carbons (Fsp3) is 0.611. The van der Waals surface area contributed by atoms with E-state index in [4.69, 9.17) is 16.3 Å². The zero-order valence-corrected chi connectivity index (χ0v) is 12.9. The lowest BCUT2D eigenvalue weighted by Crippen LogP contribution is -2.48. The number of halogens is 1. The van der Waals surface area contributed by atoms with Crippen molar-refractivity contribution in [1.82, 2.24) is 0 Å². The van der Waals surface area contributed by atoms with Crippen molar-refractivity contribution in [2.24, 2.45) is 17.8 Å². The molecule has 2 nitrogen and oxygen atoms in total. The molecule has 4 saturated carbocycles. The predicted octanol–water partition coefficient (Wildman–Crippen LogP) is 4.30. The van der Waals surface area contributed by atoms with Gasteiger partial charge in [-0.1, -0.05) is 12.1 Å². The largest absolute Gasteiger partial charge is 0.484 e. The number of ether oxygens (including phenoxy) is 1. The minimum absolute atomic E-state index is 0.0573. The lowest BCUT2D eigenvalue weighted by Gasteiger charge is -2.57. The zero-order valence-electron chi connectivity index (χ0n) is 12.2. The van der Waals surface area contributed by atoms with Crippen LogP contribution in [-0.2, 0) is 10.2 Å². The number of carbonyl (C=O) groups is 1. The molecule has 0 radical (unpaired) electrons. The van der Waals surface area contributed by atoms with E-state index in [0.29, 0.717) is 5.41 Å². The Hall–Kier alpha value is -1.02. The molecule has 4 aliphatic rings. The number of hydrogen-bond donors (Lipinski definition) is 0. The Balaban J connectivity index is 1.54. The van der Waals surface area contributed by atoms with Gasteiger partial charge in [-0.05, 0) is 91.0 Å². The lowest BCUT2D eigenvalue weighted by atomic mass is 9.48. The van der Waals surface area contributed by atoms with Crippen LogP contribution in [-0.4, -0.2) is 11.8 Å². The number of carbonyl (C=O) groups excluding carboxylic acids is 1. The summed E-state index contributed by atoms with van der Waals surface area (Å²) < 4.78 is 5.36. The van der Waals surface area contributed by atoms with Crippen LogP contribution >= 0.6 is 11.6 Å². The van der Waals surface area contributed by atoms with E-state index in [1.165, 1.54) is 44.1 Å². The molecule has 0 spiro atoms. The summed E-state index contributed by atoms with van der Waals surface area (Å²) in [4.78, 5) is 10.8. The van der Waals surface area contributed by atoms with E-state index < -0.39 is 5.24 Å². The van der Waals surface area contributed by atoms with E-state index in [0.717, 1.165) is 23.5 Å². The van der Waals surface area contributed by atoms with Gasteiger partial charge in [-0.15, -0.1) is 0 Å². The molecule has 0 aliphatic heterocycles. The molecule has 21 heavy (non-hydrogen) atoms. The van der Waals surface area contributed by atoms with Crippen molar-refractivity contribution < 1.29 is 9.53 Å². The maximum Gasteiger partial charge on any atom is 0.259 e. The Morgan fingerprint density at radius 1 is 1.05 bits per heavy atom. The highest BCUT2D eigenvalue weighted by Crippen LogP contribution is 2.60. The lowest BCUT2D eigenvalue weighted by molar-refractivity contribution is -0.113. The van der Waals surface area contributed by atoms with Gasteiger partial charge in [0.15, 0.2) is 6.61 Å². The average molecular weight is 305 g/mol. The van der Waals surface area contributed by atoms with E-state index in [1.807, 2.05) is 12.1 Å². The average Bonchev–Trinajstić information content (AvgIpc) is 2.44. The Kier molecular flexibility index (Phi) is 3.25. The van der Waals surface area contributed by atoms with Gasteiger partial charge in [0.05, 0.1) is 0 Å². The third-order valence-corrected chi connectivity index (χ3v) is 5.97. The van der Waals surface area contributed by atoms with Gasteiger partial charge in [0.1, 0.15) is 5.75 Å². The molecule has 0 atom stereocenters. The second-order valence-corrected chi connectivity index (χ2v) is 7.79. The maximum atomic E-state index is 10.8. The summed E-state index contributed by atoms with van der Waals surface area (Å²) in [6.07, 6.45) is 8.53. The standard InChI is InChI=1S/C18H21ClO2/c19-17(20)11-21-16-3-1-15(2-4-16)18-8-12-5-13(9-18)7-14(6-12)10-18/h1-4,12-14H,5-11H2. The van der Waals surface area contributed by atoms with Crippen molar-refractivity contribution in [3.8, 4) is 5.75 Å². The van der Waals surface area contributed by atoms with Crippen LogP contribution in [0.25, 0.3) is 0 Å². The first-order chi connectivity index (χ1) is 10.1. The first kappa shape index (κ1) is 13.6. The summed E-state index contributed by atoms with van der Waals surface area (Å²) in [6, 6.07) is 8.41. The summed E-state index contributed by atoms with van der Waals surface area (Å²) >= 11 is 5.31. The third kappa shape index (κ3) is 2.48. The first-order valence-electron chi connectivity index (χ1n) is 8.05. The van der Waals surface area contributed by atoms with Crippen LogP contribution in [0, 0.1) is 17.8 Å². The van der Waals surface area contributed by atoms with E-state index in [9.17, 15) is 4.79 Å². The molecule has 1 aromatic rings. The van der Waals surface area contributed by atoms with Crippen LogP contribution in [0.3, 0.4) is 0 Å². The SMILES string of the molecule is O=C(Cl)COc1ccc(C23CC4CC(CC(C4)C2)C3)cc1. The zero-order chi connectivity index (χ0) is 14.4. The molecule has 3 heteroatoms. The van der Waals surface area contributed by atoms with E-state index in [2.05, 4.69) is 12.1 Å². The molecule has 0 heterocycles. The van der Waals surface area contributed by atoms with Crippen LogP contribution in [0.4, 0.5) is 0 Å². The van der Waals surface area contributed by atoms with Crippen molar-refractivity contribution in [1.29, 1.82) is 0 Å². The second-order valence-electron chi connectivity index (χ2n) is 7.37. The highest BCUT2D eigenvalue weighted by molar-refractivity contribution is 6.63. The Morgan fingerprint density at radius 2 is 1.57 bits per heavy atom. The number of hydrogen-bond acceptors (Lipinski definition) is 2. The molecule has 1 aromatic carbocycles. The molecular weight excluding hydrogens is 284 g/mol. The fourth-order valence-corrected chi connectivity index (χ4v) is 5.56. The van der Waals surface area contributed by atoms with Crippen LogP contribution < -0.4 is 4.74 Å². The molecule has 0 unspecified atom stereocenters. The Labute approximate surface area is 130 Å². The highest BCUT2D eigenvalue weighted by atomic mass is 35.5. The molecule has 4 aliphatic carbocycles.